The second-order valence-corrected chi connectivity index (χ2v) is 9.01. The van der Waals surface area contributed by atoms with Gasteiger partial charge in [0.15, 0.2) is 5.60 Å². The zero-order valence-corrected chi connectivity index (χ0v) is 19.2. The lowest BCUT2D eigenvalue weighted by molar-refractivity contribution is -0.221. The number of hydrogen-bond acceptors (Lipinski definition) is 5. The first kappa shape index (κ1) is 23.9. The first-order valence-electron chi connectivity index (χ1n) is 10.7. The van der Waals surface area contributed by atoms with Gasteiger partial charge in [-0.25, -0.2) is 0 Å². The molecule has 2 aromatic carbocycles. The molecular weight excluding hydrogens is 408 g/mol. The fourth-order valence-corrected chi connectivity index (χ4v) is 4.56. The zero-order chi connectivity index (χ0) is 23.7. The van der Waals surface area contributed by atoms with Crippen molar-refractivity contribution in [2.24, 2.45) is 0 Å². The molecule has 2 aromatic rings. The molecule has 1 unspecified atom stereocenters. The van der Waals surface area contributed by atoms with Crippen molar-refractivity contribution < 1.29 is 24.5 Å². The highest BCUT2D eigenvalue weighted by Crippen LogP contribution is 2.49. The van der Waals surface area contributed by atoms with E-state index >= 15 is 0 Å². The summed E-state index contributed by atoms with van der Waals surface area (Å²) in [5.74, 6) is -0.732. The quantitative estimate of drug-likeness (QED) is 0.548. The van der Waals surface area contributed by atoms with E-state index in [1.165, 1.54) is 7.11 Å². The Morgan fingerprint density at radius 3 is 2.19 bits per heavy atom. The Morgan fingerprint density at radius 2 is 1.69 bits per heavy atom. The second-order valence-electron chi connectivity index (χ2n) is 9.01. The summed E-state index contributed by atoms with van der Waals surface area (Å²) in [6.07, 6.45) is -0.935. The Bertz CT molecular complexity index is 958. The van der Waals surface area contributed by atoms with Crippen LogP contribution in [0.4, 0.5) is 0 Å². The molecule has 32 heavy (non-hydrogen) atoms. The number of benzene rings is 2. The second kappa shape index (κ2) is 9.02. The van der Waals surface area contributed by atoms with E-state index in [4.69, 9.17) is 4.74 Å². The Balaban J connectivity index is 1.77. The van der Waals surface area contributed by atoms with E-state index in [9.17, 15) is 19.8 Å². The third kappa shape index (κ3) is 3.92. The van der Waals surface area contributed by atoms with Gasteiger partial charge in [0.1, 0.15) is 6.10 Å². The lowest BCUT2D eigenvalue weighted by Crippen LogP contribution is -2.79. The SMILES string of the molecule is COC[C@@H](NC(=O)c1ccc(C2(O)C(=O)N(C(C)C)C2(C)C)cc1)[C@H](O)c1ccccc1. The average Bonchev–Trinajstić information content (AvgIpc) is 2.77. The van der Waals surface area contributed by atoms with Crippen molar-refractivity contribution in [3.63, 3.8) is 0 Å². The number of carbonyl (C=O) groups is 2. The van der Waals surface area contributed by atoms with Crippen LogP contribution in [0.5, 0.6) is 0 Å². The molecule has 0 aliphatic carbocycles. The van der Waals surface area contributed by atoms with E-state index in [0.717, 1.165) is 0 Å². The van der Waals surface area contributed by atoms with Gasteiger partial charge in [0.25, 0.3) is 11.8 Å². The third-order valence-electron chi connectivity index (χ3n) is 6.28. The molecule has 172 valence electrons. The molecular formula is C25H32N2O5. The molecule has 2 amide bonds. The predicted molar refractivity (Wildman–Crippen MR) is 121 cm³/mol. The number of carbonyl (C=O) groups excluding carboxylic acids is 2. The number of methoxy groups -OCH3 is 1. The molecule has 3 N–H and O–H groups in total. The molecule has 0 spiro atoms. The van der Waals surface area contributed by atoms with Crippen molar-refractivity contribution in [2.75, 3.05) is 13.7 Å². The van der Waals surface area contributed by atoms with Gasteiger partial charge in [0, 0.05) is 18.7 Å². The largest absolute Gasteiger partial charge is 0.386 e. The molecule has 3 atom stereocenters. The van der Waals surface area contributed by atoms with Crippen LogP contribution >= 0.6 is 0 Å². The lowest BCUT2D eigenvalue weighted by atomic mass is 9.66. The molecule has 0 bridgehead atoms. The van der Waals surface area contributed by atoms with Gasteiger partial charge >= 0.3 is 0 Å². The molecule has 1 saturated heterocycles. The summed E-state index contributed by atoms with van der Waals surface area (Å²) >= 11 is 0. The van der Waals surface area contributed by atoms with Crippen molar-refractivity contribution in [1.82, 2.24) is 10.2 Å². The maximum absolute atomic E-state index is 12.8. The summed E-state index contributed by atoms with van der Waals surface area (Å²) in [6, 6.07) is 14.7. The van der Waals surface area contributed by atoms with Gasteiger partial charge in [-0.05, 0) is 51.0 Å². The number of rotatable bonds is 8. The zero-order valence-electron chi connectivity index (χ0n) is 19.2. The van der Waals surface area contributed by atoms with Crippen molar-refractivity contribution in [2.45, 2.75) is 57.0 Å². The summed E-state index contributed by atoms with van der Waals surface area (Å²) in [7, 11) is 1.50. The molecule has 1 fully saturated rings. The molecule has 0 aromatic heterocycles. The summed E-state index contributed by atoms with van der Waals surface area (Å²) in [6.45, 7) is 7.61. The number of β-lactam (4-membered cyclic amide) rings is 1. The van der Waals surface area contributed by atoms with Crippen LogP contribution in [0.1, 0.15) is 55.3 Å². The van der Waals surface area contributed by atoms with Gasteiger partial charge in [-0.3, -0.25) is 9.59 Å². The Kier molecular flexibility index (Phi) is 6.74. The Labute approximate surface area is 189 Å². The average molecular weight is 441 g/mol. The number of aliphatic hydroxyl groups is 2. The highest BCUT2D eigenvalue weighted by molar-refractivity contribution is 5.97. The maximum atomic E-state index is 12.8. The van der Waals surface area contributed by atoms with Crippen LogP contribution < -0.4 is 5.32 Å². The lowest BCUT2D eigenvalue weighted by Gasteiger charge is -2.61. The van der Waals surface area contributed by atoms with E-state index in [2.05, 4.69) is 5.32 Å². The van der Waals surface area contributed by atoms with Crippen LogP contribution in [0.3, 0.4) is 0 Å². The van der Waals surface area contributed by atoms with Crippen molar-refractivity contribution in [1.29, 1.82) is 0 Å². The summed E-state index contributed by atoms with van der Waals surface area (Å²) < 4.78 is 5.18. The van der Waals surface area contributed by atoms with Crippen LogP contribution in [0.15, 0.2) is 54.6 Å². The molecule has 1 aliphatic rings. The molecule has 1 aliphatic heterocycles. The highest BCUT2D eigenvalue weighted by atomic mass is 16.5. The van der Waals surface area contributed by atoms with Crippen molar-refractivity contribution >= 4 is 11.8 Å². The highest BCUT2D eigenvalue weighted by Gasteiger charge is 2.67. The van der Waals surface area contributed by atoms with E-state index < -0.39 is 23.3 Å². The molecule has 7 nitrogen and oxygen atoms in total. The van der Waals surface area contributed by atoms with Crippen molar-refractivity contribution in [3.05, 3.63) is 71.3 Å². The molecule has 0 saturated carbocycles. The van der Waals surface area contributed by atoms with Gasteiger partial charge in [0.2, 0.25) is 0 Å². The number of ether oxygens (including phenoxy) is 1. The summed E-state index contributed by atoms with van der Waals surface area (Å²) in [4.78, 5) is 27.2. The number of nitrogens with one attached hydrogen (secondary N) is 1. The smallest absolute Gasteiger partial charge is 0.262 e. The topological polar surface area (TPSA) is 99.1 Å². The Hall–Kier alpha value is -2.74. The number of likely N-dealkylation sites (tertiary alicyclic amines) is 1. The number of hydrogen-bond donors (Lipinski definition) is 3. The minimum absolute atomic E-state index is 0.0309. The first-order chi connectivity index (χ1) is 15.1. The van der Waals surface area contributed by atoms with Crippen LogP contribution in [0.2, 0.25) is 0 Å². The predicted octanol–water partition coefficient (Wildman–Crippen LogP) is 2.38. The van der Waals surface area contributed by atoms with Crippen LogP contribution in [0, 0.1) is 0 Å². The molecule has 1 heterocycles. The van der Waals surface area contributed by atoms with E-state index in [-0.39, 0.29) is 24.5 Å². The summed E-state index contributed by atoms with van der Waals surface area (Å²) in [5.41, 5.74) is -0.949. The van der Waals surface area contributed by atoms with Crippen LogP contribution in [0.25, 0.3) is 0 Å². The van der Waals surface area contributed by atoms with E-state index in [1.807, 2.05) is 45.9 Å². The van der Waals surface area contributed by atoms with Gasteiger partial charge < -0.3 is 25.2 Å². The standard InChI is InChI=1S/C25H32N2O5/c1-16(2)27-23(30)25(31,24(27,3)4)19-13-11-18(12-14-19)22(29)26-20(15-32-5)21(28)17-9-7-6-8-10-17/h6-14,16,20-21,28,31H,15H2,1-5H3,(H,26,29)/t20-,21-,25?/m1/s1. The number of nitrogens with zero attached hydrogens (tertiary/aromatic N) is 1. The minimum atomic E-state index is -1.64. The fraction of sp³-hybridized carbons (Fsp3) is 0.440. The third-order valence-corrected chi connectivity index (χ3v) is 6.28. The Morgan fingerprint density at radius 1 is 1.09 bits per heavy atom. The van der Waals surface area contributed by atoms with E-state index in [1.54, 1.807) is 41.3 Å². The van der Waals surface area contributed by atoms with Gasteiger partial charge in [0.05, 0.1) is 18.2 Å². The minimum Gasteiger partial charge on any atom is -0.386 e. The number of aliphatic hydroxyl groups excluding tert-OH is 1. The van der Waals surface area contributed by atoms with E-state index in [0.29, 0.717) is 16.7 Å². The van der Waals surface area contributed by atoms with Gasteiger partial charge in [-0.1, -0.05) is 42.5 Å². The molecule has 3 rings (SSSR count). The maximum Gasteiger partial charge on any atom is 0.262 e. The van der Waals surface area contributed by atoms with Crippen LogP contribution in [-0.4, -0.2) is 58.3 Å². The molecule has 7 heteroatoms. The normalized spacial score (nSPS) is 21.8. The van der Waals surface area contributed by atoms with Crippen molar-refractivity contribution in [3.8, 4) is 0 Å². The monoisotopic (exact) mass is 440 g/mol. The fourth-order valence-electron chi connectivity index (χ4n) is 4.56. The molecule has 0 radical (unpaired) electrons. The van der Waals surface area contributed by atoms with Gasteiger partial charge in [-0.2, -0.15) is 0 Å². The van der Waals surface area contributed by atoms with Gasteiger partial charge in [-0.15, -0.1) is 0 Å². The first-order valence-corrected chi connectivity index (χ1v) is 10.7. The van der Waals surface area contributed by atoms with Crippen LogP contribution in [-0.2, 0) is 15.1 Å². The summed E-state index contributed by atoms with van der Waals surface area (Å²) in [5, 5.41) is 24.7. The number of amides is 2.